The van der Waals surface area contributed by atoms with Gasteiger partial charge in [0.15, 0.2) is 0 Å². The van der Waals surface area contributed by atoms with Gasteiger partial charge in [-0.25, -0.2) is 0 Å². The van der Waals surface area contributed by atoms with Crippen molar-refractivity contribution in [3.8, 4) is 44.5 Å². The van der Waals surface area contributed by atoms with E-state index in [1.165, 1.54) is 99.1 Å². The Morgan fingerprint density at radius 3 is 1.69 bits per heavy atom. The summed E-state index contributed by atoms with van der Waals surface area (Å²) in [6.45, 7) is 0. The van der Waals surface area contributed by atoms with Crippen LogP contribution in [0.2, 0.25) is 0 Å². The fourth-order valence-electron chi connectivity index (χ4n) is 9.33. The first-order valence-corrected chi connectivity index (χ1v) is 17.0. The predicted octanol–water partition coefficient (Wildman–Crippen LogP) is 12.2. The molecule has 0 radical (unpaired) electrons. The van der Waals surface area contributed by atoms with Crippen molar-refractivity contribution < 1.29 is 0 Å². The molecule has 49 heavy (non-hydrogen) atoms. The lowest BCUT2D eigenvalue weighted by Gasteiger charge is -2.40. The fraction of sp³-hybridized carbons (Fsp3) is 0.0208. The minimum atomic E-state index is -0.482. The molecule has 1 spiro atoms. The number of aromatic nitrogens is 1. The normalized spacial score (nSPS) is 15.4. The Bertz CT molecular complexity index is 2770. The molecule has 2 aliphatic rings. The molecule has 11 rings (SSSR count). The second-order valence-electron chi connectivity index (χ2n) is 13.4. The molecular formula is C48H29N. The number of pyridine rings is 1. The standard InChI is InChI=1S/C48H29N/c1-2-12-30(13-3-1)45-36-17-4-6-19-38(36)46(39-20-7-5-18-37(39)45)32-24-25-34-40-29-49-27-26-42(40)48(44(34)28-32)41-22-9-8-16-33(41)35-21-10-14-31-15-11-23-43(48)47(31)35/h1-29H. The second kappa shape index (κ2) is 9.86. The molecule has 0 saturated carbocycles. The van der Waals surface area contributed by atoms with Crippen molar-refractivity contribution in [3.05, 3.63) is 198 Å². The Morgan fingerprint density at radius 2 is 0.939 bits per heavy atom. The maximum atomic E-state index is 4.68. The number of rotatable bonds is 2. The molecule has 9 aromatic rings. The number of benzene rings is 8. The van der Waals surface area contributed by atoms with Crippen LogP contribution in [0.4, 0.5) is 0 Å². The average Bonchev–Trinajstić information content (AvgIpc) is 3.46. The molecule has 226 valence electrons. The van der Waals surface area contributed by atoms with Crippen LogP contribution in [0.5, 0.6) is 0 Å². The van der Waals surface area contributed by atoms with Crippen molar-refractivity contribution in [2.45, 2.75) is 5.41 Å². The molecule has 0 N–H and O–H groups in total. The summed E-state index contributed by atoms with van der Waals surface area (Å²) in [5.74, 6) is 0. The van der Waals surface area contributed by atoms with Crippen molar-refractivity contribution in [3.63, 3.8) is 0 Å². The van der Waals surface area contributed by atoms with Crippen molar-refractivity contribution in [2.24, 2.45) is 0 Å². The van der Waals surface area contributed by atoms with Crippen LogP contribution in [0.15, 0.2) is 176 Å². The van der Waals surface area contributed by atoms with Crippen molar-refractivity contribution in [1.29, 1.82) is 0 Å². The number of hydrogen-bond donors (Lipinski definition) is 0. The Hall–Kier alpha value is -6.31. The van der Waals surface area contributed by atoms with Gasteiger partial charge in [0, 0.05) is 18.0 Å². The Morgan fingerprint density at radius 1 is 0.367 bits per heavy atom. The van der Waals surface area contributed by atoms with Gasteiger partial charge < -0.3 is 0 Å². The molecule has 0 bridgehead atoms. The monoisotopic (exact) mass is 619 g/mol. The molecule has 1 atom stereocenters. The third-order valence-electron chi connectivity index (χ3n) is 11.2. The van der Waals surface area contributed by atoms with Gasteiger partial charge in [0.05, 0.1) is 5.41 Å². The van der Waals surface area contributed by atoms with Gasteiger partial charge in [-0.3, -0.25) is 4.98 Å². The highest BCUT2D eigenvalue weighted by molar-refractivity contribution is 6.21. The lowest BCUT2D eigenvalue weighted by Crippen LogP contribution is -2.31. The van der Waals surface area contributed by atoms with Crippen LogP contribution in [-0.2, 0) is 5.41 Å². The van der Waals surface area contributed by atoms with E-state index in [-0.39, 0.29) is 0 Å². The molecule has 1 unspecified atom stereocenters. The third kappa shape index (κ3) is 3.41. The van der Waals surface area contributed by atoms with Crippen LogP contribution >= 0.6 is 0 Å². The number of hydrogen-bond acceptors (Lipinski definition) is 1. The first-order valence-electron chi connectivity index (χ1n) is 17.0. The van der Waals surface area contributed by atoms with Gasteiger partial charge in [-0.15, -0.1) is 0 Å². The molecule has 1 nitrogen and oxygen atoms in total. The van der Waals surface area contributed by atoms with Crippen LogP contribution in [-0.4, -0.2) is 4.98 Å². The summed E-state index contributed by atoms with van der Waals surface area (Å²) in [6.07, 6.45) is 4.05. The second-order valence-corrected chi connectivity index (χ2v) is 13.4. The fourth-order valence-corrected chi connectivity index (χ4v) is 9.33. The van der Waals surface area contributed by atoms with Crippen LogP contribution in [0, 0.1) is 0 Å². The number of nitrogens with zero attached hydrogens (tertiary/aromatic N) is 1. The lowest BCUT2D eigenvalue weighted by atomic mass is 9.61. The van der Waals surface area contributed by atoms with Gasteiger partial charge in [-0.05, 0) is 106 Å². The van der Waals surface area contributed by atoms with E-state index in [1.54, 1.807) is 0 Å². The highest BCUT2D eigenvalue weighted by Crippen LogP contribution is 2.62. The molecule has 0 aliphatic heterocycles. The zero-order valence-electron chi connectivity index (χ0n) is 26.7. The van der Waals surface area contributed by atoms with Gasteiger partial charge in [0.2, 0.25) is 0 Å². The van der Waals surface area contributed by atoms with Gasteiger partial charge in [-0.1, -0.05) is 152 Å². The largest absolute Gasteiger partial charge is 0.264 e. The van der Waals surface area contributed by atoms with Gasteiger partial charge in [0.25, 0.3) is 0 Å². The molecule has 1 aromatic heterocycles. The minimum absolute atomic E-state index is 0.482. The van der Waals surface area contributed by atoms with Crippen molar-refractivity contribution in [2.75, 3.05) is 0 Å². The van der Waals surface area contributed by atoms with Crippen LogP contribution in [0.1, 0.15) is 22.3 Å². The van der Waals surface area contributed by atoms with Crippen LogP contribution in [0.25, 0.3) is 76.8 Å². The molecule has 1 heterocycles. The lowest BCUT2D eigenvalue weighted by molar-refractivity contribution is 0.772. The van der Waals surface area contributed by atoms with Gasteiger partial charge in [-0.2, -0.15) is 0 Å². The van der Waals surface area contributed by atoms with E-state index < -0.39 is 5.41 Å². The zero-order chi connectivity index (χ0) is 32.1. The summed E-state index contributed by atoms with van der Waals surface area (Å²) in [5.41, 5.74) is 14.9. The molecular weight excluding hydrogens is 591 g/mol. The summed E-state index contributed by atoms with van der Waals surface area (Å²) in [7, 11) is 0. The average molecular weight is 620 g/mol. The van der Waals surface area contributed by atoms with E-state index in [4.69, 9.17) is 0 Å². The summed E-state index contributed by atoms with van der Waals surface area (Å²) in [5, 5.41) is 7.69. The quantitative estimate of drug-likeness (QED) is 0.175. The van der Waals surface area contributed by atoms with Gasteiger partial charge in [0.1, 0.15) is 0 Å². The summed E-state index contributed by atoms with van der Waals surface area (Å²) < 4.78 is 0. The zero-order valence-corrected chi connectivity index (χ0v) is 26.7. The highest BCUT2D eigenvalue weighted by Gasteiger charge is 2.50. The topological polar surface area (TPSA) is 12.9 Å². The number of fused-ring (bicyclic) bond motifs is 11. The maximum absolute atomic E-state index is 4.68. The van der Waals surface area contributed by atoms with Crippen LogP contribution < -0.4 is 0 Å². The first kappa shape index (κ1) is 26.7. The molecule has 0 saturated heterocycles. The Labute approximate surface area is 284 Å². The Balaban J connectivity index is 1.29. The van der Waals surface area contributed by atoms with Crippen molar-refractivity contribution in [1.82, 2.24) is 4.98 Å². The van der Waals surface area contributed by atoms with E-state index in [2.05, 4.69) is 175 Å². The molecule has 8 aromatic carbocycles. The van der Waals surface area contributed by atoms with Crippen LogP contribution in [0.3, 0.4) is 0 Å². The van der Waals surface area contributed by atoms with Gasteiger partial charge >= 0.3 is 0 Å². The minimum Gasteiger partial charge on any atom is -0.264 e. The van der Waals surface area contributed by atoms with E-state index in [0.29, 0.717) is 0 Å². The maximum Gasteiger partial charge on any atom is 0.0727 e. The first-order chi connectivity index (χ1) is 24.3. The molecule has 0 amide bonds. The smallest absolute Gasteiger partial charge is 0.0727 e. The molecule has 0 fully saturated rings. The van der Waals surface area contributed by atoms with E-state index in [1.807, 2.05) is 6.20 Å². The van der Waals surface area contributed by atoms with E-state index >= 15 is 0 Å². The summed E-state index contributed by atoms with van der Waals surface area (Å²) >= 11 is 0. The SMILES string of the molecule is c1ccc(-c2c3ccccc3c(-c3ccc4c(c3)C3(c5ccncc5-4)c4ccccc4-c4cccc5cccc3c45)c3ccccc23)cc1. The summed E-state index contributed by atoms with van der Waals surface area (Å²) in [4.78, 5) is 4.68. The molecule has 2 aliphatic carbocycles. The predicted molar refractivity (Wildman–Crippen MR) is 204 cm³/mol. The van der Waals surface area contributed by atoms with E-state index in [9.17, 15) is 0 Å². The Kier molecular flexibility index (Phi) is 5.38. The van der Waals surface area contributed by atoms with E-state index in [0.717, 1.165) is 0 Å². The van der Waals surface area contributed by atoms with Crippen molar-refractivity contribution >= 4 is 32.3 Å². The third-order valence-corrected chi connectivity index (χ3v) is 11.2. The highest BCUT2D eigenvalue weighted by atomic mass is 14.6. The molecule has 1 heteroatoms. The summed E-state index contributed by atoms with van der Waals surface area (Å²) in [6, 6.07) is 60.9.